The van der Waals surface area contributed by atoms with Gasteiger partial charge in [0.2, 0.25) is 0 Å². The Labute approximate surface area is 188 Å². The molecule has 6 nitrogen and oxygen atoms in total. The normalized spacial score (nSPS) is 18.8. The van der Waals surface area contributed by atoms with Crippen molar-refractivity contribution in [3.05, 3.63) is 68.8 Å². The number of benzene rings is 2. The summed E-state index contributed by atoms with van der Waals surface area (Å²) in [5, 5.41) is 2.29. The molecule has 154 valence electrons. The molecule has 1 saturated heterocycles. The lowest BCUT2D eigenvalue weighted by Crippen LogP contribution is -2.57. The van der Waals surface area contributed by atoms with Crippen LogP contribution in [-0.4, -0.2) is 28.8 Å². The van der Waals surface area contributed by atoms with Crippen molar-refractivity contribution >= 4 is 46.5 Å². The highest BCUT2D eigenvalue weighted by molar-refractivity contribution is 14.1. The summed E-state index contributed by atoms with van der Waals surface area (Å²) < 4.78 is 6.97. The minimum atomic E-state index is -0.654. The number of carbonyl (C=O) groups is 3. The van der Waals surface area contributed by atoms with Crippen molar-refractivity contribution in [2.45, 2.75) is 38.3 Å². The Balaban J connectivity index is 1.46. The smallest absolute Gasteiger partial charge is 0.331 e. The van der Waals surface area contributed by atoms with E-state index in [4.69, 9.17) is 4.74 Å². The Bertz CT molecular complexity index is 993. The first-order chi connectivity index (χ1) is 14.5. The molecule has 1 aliphatic heterocycles. The molecule has 2 aliphatic rings. The van der Waals surface area contributed by atoms with Gasteiger partial charge in [0.25, 0.3) is 11.8 Å². The van der Waals surface area contributed by atoms with Gasteiger partial charge in [-0.2, -0.15) is 0 Å². The maximum absolute atomic E-state index is 12.8. The summed E-state index contributed by atoms with van der Waals surface area (Å²) >= 11 is 2.26. The predicted octanol–water partition coefficient (Wildman–Crippen LogP) is 4.27. The van der Waals surface area contributed by atoms with E-state index in [-0.39, 0.29) is 11.6 Å². The molecule has 0 spiro atoms. The highest BCUT2D eigenvalue weighted by Gasteiger charge is 2.40. The number of hydrogen-bond donors (Lipinski definition) is 1. The summed E-state index contributed by atoms with van der Waals surface area (Å²) in [7, 11) is 0. The van der Waals surface area contributed by atoms with Crippen molar-refractivity contribution in [1.82, 2.24) is 10.2 Å². The van der Waals surface area contributed by atoms with Crippen LogP contribution in [0.4, 0.5) is 4.79 Å². The zero-order chi connectivity index (χ0) is 21.1. The number of barbiturate groups is 1. The van der Waals surface area contributed by atoms with E-state index in [0.29, 0.717) is 17.9 Å². The van der Waals surface area contributed by atoms with Crippen LogP contribution in [0.1, 0.15) is 36.8 Å². The van der Waals surface area contributed by atoms with Crippen molar-refractivity contribution in [1.29, 1.82) is 0 Å². The number of imide groups is 2. The van der Waals surface area contributed by atoms with Crippen molar-refractivity contribution < 1.29 is 19.1 Å². The summed E-state index contributed by atoms with van der Waals surface area (Å²) in [6, 6.07) is 14.5. The first-order valence-electron chi connectivity index (χ1n) is 9.89. The van der Waals surface area contributed by atoms with Crippen molar-refractivity contribution in [2.75, 3.05) is 0 Å². The average molecular weight is 516 g/mol. The molecular formula is C23H21IN2O4. The topological polar surface area (TPSA) is 75.7 Å². The lowest BCUT2D eigenvalue weighted by atomic mass is 10.1. The molecule has 0 aromatic heterocycles. The fourth-order valence-corrected chi connectivity index (χ4v) is 4.10. The van der Waals surface area contributed by atoms with E-state index in [2.05, 4.69) is 27.9 Å². The van der Waals surface area contributed by atoms with E-state index in [0.717, 1.165) is 31.2 Å². The van der Waals surface area contributed by atoms with Gasteiger partial charge in [0, 0.05) is 9.61 Å². The second-order valence-electron chi connectivity index (χ2n) is 7.41. The molecular weight excluding hydrogens is 495 g/mol. The fourth-order valence-electron chi connectivity index (χ4n) is 3.74. The first-order valence-corrected chi connectivity index (χ1v) is 11.0. The molecule has 4 rings (SSSR count). The van der Waals surface area contributed by atoms with Crippen LogP contribution in [-0.2, 0) is 16.2 Å². The maximum atomic E-state index is 12.8. The van der Waals surface area contributed by atoms with Gasteiger partial charge in [-0.15, -0.1) is 0 Å². The number of carbonyl (C=O) groups excluding carboxylic acids is 3. The molecule has 1 N–H and O–H groups in total. The highest BCUT2D eigenvalue weighted by Crippen LogP contribution is 2.27. The summed E-state index contributed by atoms with van der Waals surface area (Å²) in [6.45, 7) is 0.455. The van der Waals surface area contributed by atoms with Gasteiger partial charge in [-0.1, -0.05) is 37.1 Å². The summed E-state index contributed by atoms with van der Waals surface area (Å²) in [5.41, 5.74) is 1.74. The van der Waals surface area contributed by atoms with Crippen molar-refractivity contribution in [3.63, 3.8) is 0 Å². The first kappa shape index (κ1) is 20.6. The molecule has 0 unspecified atom stereocenters. The van der Waals surface area contributed by atoms with Gasteiger partial charge < -0.3 is 4.74 Å². The number of amides is 4. The fraction of sp³-hybridized carbons (Fsp3) is 0.261. The number of hydrogen-bond acceptors (Lipinski definition) is 4. The lowest BCUT2D eigenvalue weighted by molar-refractivity contribution is -0.131. The molecule has 1 saturated carbocycles. The van der Waals surface area contributed by atoms with E-state index >= 15 is 0 Å². The molecule has 2 aromatic carbocycles. The van der Waals surface area contributed by atoms with Crippen molar-refractivity contribution in [3.8, 4) is 5.75 Å². The van der Waals surface area contributed by atoms with E-state index in [9.17, 15) is 14.4 Å². The Hall–Kier alpha value is -2.68. The Morgan fingerprint density at radius 3 is 2.33 bits per heavy atom. The van der Waals surface area contributed by atoms with Crippen LogP contribution in [0.5, 0.6) is 5.75 Å². The summed E-state index contributed by atoms with van der Waals surface area (Å²) in [5.74, 6) is -0.481. The Morgan fingerprint density at radius 2 is 1.67 bits per heavy atom. The van der Waals surface area contributed by atoms with Crippen LogP contribution in [0.3, 0.4) is 0 Å². The van der Waals surface area contributed by atoms with E-state index in [1.165, 1.54) is 14.5 Å². The van der Waals surface area contributed by atoms with E-state index in [1.807, 2.05) is 24.3 Å². The molecule has 2 fully saturated rings. The molecule has 0 bridgehead atoms. The summed E-state index contributed by atoms with van der Waals surface area (Å²) in [6.07, 6.45) is 5.06. The molecule has 2 aromatic rings. The molecule has 1 heterocycles. The van der Waals surface area contributed by atoms with Gasteiger partial charge in [0.15, 0.2) is 0 Å². The van der Waals surface area contributed by atoms with Crippen LogP contribution in [0.25, 0.3) is 6.08 Å². The number of nitrogens with one attached hydrogen (secondary N) is 1. The zero-order valence-electron chi connectivity index (χ0n) is 16.3. The molecule has 30 heavy (non-hydrogen) atoms. The van der Waals surface area contributed by atoms with Gasteiger partial charge in [-0.05, 0) is 76.9 Å². The monoisotopic (exact) mass is 516 g/mol. The van der Waals surface area contributed by atoms with Crippen LogP contribution < -0.4 is 10.1 Å². The van der Waals surface area contributed by atoms with Crippen LogP contribution in [0.2, 0.25) is 0 Å². The average Bonchev–Trinajstić information content (AvgIpc) is 3.26. The standard InChI is InChI=1S/C23H21IN2O4/c24-17-9-5-16(6-10-17)14-30-19-11-7-15(8-12-19)13-20-21(27)25-23(29)26(22(20)28)18-3-1-2-4-18/h5-13,18H,1-4,14H2,(H,25,27,29)/b20-13+. The minimum absolute atomic E-state index is 0.0194. The number of halogens is 1. The van der Waals surface area contributed by atoms with Gasteiger partial charge in [0.05, 0.1) is 0 Å². The molecule has 7 heteroatoms. The second-order valence-corrected chi connectivity index (χ2v) is 8.66. The SMILES string of the molecule is O=C1NC(=O)N(C2CCCC2)C(=O)/C1=C/c1ccc(OCc2ccc(I)cc2)cc1. The second kappa shape index (κ2) is 8.99. The molecule has 4 amide bonds. The Kier molecular flexibility index (Phi) is 6.17. The third-order valence-electron chi connectivity index (χ3n) is 5.33. The van der Waals surface area contributed by atoms with E-state index in [1.54, 1.807) is 24.3 Å². The number of urea groups is 1. The highest BCUT2D eigenvalue weighted by atomic mass is 127. The quantitative estimate of drug-likeness (QED) is 0.366. The maximum Gasteiger partial charge on any atom is 0.331 e. The number of nitrogens with zero attached hydrogens (tertiary/aromatic N) is 1. The predicted molar refractivity (Wildman–Crippen MR) is 121 cm³/mol. The third kappa shape index (κ3) is 4.56. The van der Waals surface area contributed by atoms with Gasteiger partial charge in [-0.25, -0.2) is 4.79 Å². The minimum Gasteiger partial charge on any atom is -0.489 e. The molecule has 0 atom stereocenters. The van der Waals surface area contributed by atoms with Crippen LogP contribution in [0.15, 0.2) is 54.1 Å². The van der Waals surface area contributed by atoms with Gasteiger partial charge in [-0.3, -0.25) is 19.8 Å². The molecule has 0 radical (unpaired) electrons. The van der Waals surface area contributed by atoms with Gasteiger partial charge in [0.1, 0.15) is 17.9 Å². The van der Waals surface area contributed by atoms with Crippen molar-refractivity contribution in [2.24, 2.45) is 0 Å². The Morgan fingerprint density at radius 1 is 1.00 bits per heavy atom. The van der Waals surface area contributed by atoms with E-state index < -0.39 is 17.8 Å². The van der Waals surface area contributed by atoms with Crippen LogP contribution in [0, 0.1) is 3.57 Å². The lowest BCUT2D eigenvalue weighted by Gasteiger charge is -2.31. The number of rotatable bonds is 5. The molecule has 1 aliphatic carbocycles. The zero-order valence-corrected chi connectivity index (χ0v) is 18.4. The van der Waals surface area contributed by atoms with Crippen LogP contribution >= 0.6 is 22.6 Å². The van der Waals surface area contributed by atoms with Gasteiger partial charge >= 0.3 is 6.03 Å². The summed E-state index contributed by atoms with van der Waals surface area (Å²) in [4.78, 5) is 38.5. The third-order valence-corrected chi connectivity index (χ3v) is 6.05. The largest absolute Gasteiger partial charge is 0.489 e. The number of ether oxygens (including phenoxy) is 1.